The van der Waals surface area contributed by atoms with Crippen molar-refractivity contribution in [2.45, 2.75) is 32.6 Å². The molecule has 0 unspecified atom stereocenters. The molecule has 0 aromatic heterocycles. The number of rotatable bonds is 3. The van der Waals surface area contributed by atoms with Crippen LogP contribution >= 0.6 is 0 Å². The number of benzene rings is 1. The molecular formula is C11H18O2. The van der Waals surface area contributed by atoms with Crippen molar-refractivity contribution in [2.24, 2.45) is 0 Å². The van der Waals surface area contributed by atoms with Gasteiger partial charge in [-0.05, 0) is 24.3 Å². The Bertz CT molecular complexity index is 193. The average Bonchev–Trinajstić information content (AvgIpc) is 2.24. The van der Waals surface area contributed by atoms with E-state index in [0.717, 1.165) is 5.92 Å². The third-order valence-corrected chi connectivity index (χ3v) is 2.26. The zero-order valence-corrected chi connectivity index (χ0v) is 8.27. The van der Waals surface area contributed by atoms with Gasteiger partial charge in [0.25, 0.3) is 0 Å². The van der Waals surface area contributed by atoms with Crippen molar-refractivity contribution in [1.82, 2.24) is 0 Å². The van der Waals surface area contributed by atoms with Crippen molar-refractivity contribution in [3.63, 3.8) is 0 Å². The molecule has 13 heavy (non-hydrogen) atoms. The van der Waals surface area contributed by atoms with Crippen LogP contribution in [0.4, 0.5) is 0 Å². The van der Waals surface area contributed by atoms with E-state index in [9.17, 15) is 0 Å². The van der Waals surface area contributed by atoms with Gasteiger partial charge in [0.2, 0.25) is 0 Å². The lowest BCUT2D eigenvalue weighted by Gasteiger charge is -2.11. The van der Waals surface area contributed by atoms with Gasteiger partial charge in [-0.2, -0.15) is 0 Å². The van der Waals surface area contributed by atoms with E-state index in [1.165, 1.54) is 18.4 Å². The van der Waals surface area contributed by atoms with E-state index in [-0.39, 0.29) is 0 Å². The molecule has 1 aromatic carbocycles. The molecule has 0 spiro atoms. The number of hydrogen-bond donors (Lipinski definition) is 2. The molecule has 1 rings (SSSR count). The van der Waals surface area contributed by atoms with Crippen LogP contribution in [0.3, 0.4) is 0 Å². The summed E-state index contributed by atoms with van der Waals surface area (Å²) >= 11 is 0. The Morgan fingerprint density at radius 2 is 1.46 bits per heavy atom. The lowest BCUT2D eigenvalue weighted by Crippen LogP contribution is -1.93. The normalized spacial score (nSPS) is 9.31. The molecule has 0 amide bonds. The molecule has 1 aromatic rings. The molecule has 0 aliphatic carbocycles. The van der Waals surface area contributed by atoms with Gasteiger partial charge in [-0.1, -0.05) is 44.2 Å². The second-order valence-corrected chi connectivity index (χ2v) is 2.92. The smallest absolute Gasteiger partial charge is 0.0167 e. The van der Waals surface area contributed by atoms with E-state index >= 15 is 0 Å². The third-order valence-electron chi connectivity index (χ3n) is 2.26. The Labute approximate surface area is 79.8 Å². The van der Waals surface area contributed by atoms with Crippen molar-refractivity contribution in [1.29, 1.82) is 0 Å². The summed E-state index contributed by atoms with van der Waals surface area (Å²) in [6, 6.07) is 10.8. The summed E-state index contributed by atoms with van der Waals surface area (Å²) in [6.07, 6.45) is 2.50. The molecule has 0 bridgehead atoms. The highest BCUT2D eigenvalue weighted by Crippen LogP contribution is 2.21. The van der Waals surface area contributed by atoms with Gasteiger partial charge in [-0.25, -0.2) is 0 Å². The van der Waals surface area contributed by atoms with Gasteiger partial charge >= 0.3 is 0 Å². The fourth-order valence-electron chi connectivity index (χ4n) is 1.49. The minimum Gasteiger partial charge on any atom is -0.255 e. The first-order valence-electron chi connectivity index (χ1n) is 4.63. The van der Waals surface area contributed by atoms with Crippen molar-refractivity contribution >= 4 is 0 Å². The second-order valence-electron chi connectivity index (χ2n) is 2.92. The summed E-state index contributed by atoms with van der Waals surface area (Å²) in [4.78, 5) is 0. The topological polar surface area (TPSA) is 40.5 Å². The Morgan fingerprint density at radius 1 is 1.00 bits per heavy atom. The first kappa shape index (κ1) is 12.1. The zero-order chi connectivity index (χ0) is 10.1. The molecule has 2 N–H and O–H groups in total. The molecule has 0 fully saturated rings. The highest BCUT2D eigenvalue weighted by atomic mass is 17.0. The fraction of sp³-hybridized carbons (Fsp3) is 0.455. The summed E-state index contributed by atoms with van der Waals surface area (Å²) in [5.41, 5.74) is 1.48. The van der Waals surface area contributed by atoms with Gasteiger partial charge in [-0.15, -0.1) is 0 Å². The molecule has 0 aliphatic rings. The first-order valence-corrected chi connectivity index (χ1v) is 4.63. The van der Waals surface area contributed by atoms with Crippen LogP contribution < -0.4 is 0 Å². The maximum Gasteiger partial charge on any atom is -0.0167 e. The van der Waals surface area contributed by atoms with Crippen LogP contribution in [0.15, 0.2) is 30.3 Å². The standard InChI is InChI=1S/C11H16.H2O2/c1-3-10(4-2)11-8-6-5-7-9-11;1-2/h5-10H,3-4H2,1-2H3;1-2H. The quantitative estimate of drug-likeness (QED) is 0.553. The zero-order valence-electron chi connectivity index (χ0n) is 8.27. The van der Waals surface area contributed by atoms with Gasteiger partial charge in [0.05, 0.1) is 0 Å². The van der Waals surface area contributed by atoms with Gasteiger partial charge in [0.15, 0.2) is 0 Å². The Kier molecular flexibility index (Phi) is 7.26. The van der Waals surface area contributed by atoms with Crippen molar-refractivity contribution < 1.29 is 10.5 Å². The van der Waals surface area contributed by atoms with E-state index in [1.54, 1.807) is 0 Å². The minimum atomic E-state index is 0.760. The molecular weight excluding hydrogens is 164 g/mol. The van der Waals surface area contributed by atoms with Crippen LogP contribution in [0, 0.1) is 0 Å². The van der Waals surface area contributed by atoms with Crippen molar-refractivity contribution in [3.8, 4) is 0 Å². The highest BCUT2D eigenvalue weighted by Gasteiger charge is 2.03. The van der Waals surface area contributed by atoms with Gasteiger partial charge in [-0.3, -0.25) is 10.5 Å². The molecule has 2 nitrogen and oxygen atoms in total. The van der Waals surface area contributed by atoms with E-state index in [1.807, 2.05) is 0 Å². The lowest BCUT2D eigenvalue weighted by atomic mass is 9.94. The van der Waals surface area contributed by atoms with Gasteiger partial charge in [0, 0.05) is 0 Å². The van der Waals surface area contributed by atoms with Crippen molar-refractivity contribution in [3.05, 3.63) is 35.9 Å². The average molecular weight is 182 g/mol. The lowest BCUT2D eigenvalue weighted by molar-refractivity contribution is -0.176. The van der Waals surface area contributed by atoms with Crippen LogP contribution in [0.5, 0.6) is 0 Å². The summed E-state index contributed by atoms with van der Waals surface area (Å²) in [6.45, 7) is 4.50. The molecule has 0 heterocycles. The minimum absolute atomic E-state index is 0.760. The molecule has 2 heteroatoms. The Morgan fingerprint density at radius 3 is 1.85 bits per heavy atom. The monoisotopic (exact) mass is 182 g/mol. The van der Waals surface area contributed by atoms with Gasteiger partial charge in [0.1, 0.15) is 0 Å². The van der Waals surface area contributed by atoms with E-state index in [2.05, 4.69) is 44.2 Å². The fourth-order valence-corrected chi connectivity index (χ4v) is 1.49. The van der Waals surface area contributed by atoms with Crippen LogP contribution in [0.1, 0.15) is 38.2 Å². The first-order chi connectivity index (χ1) is 6.38. The summed E-state index contributed by atoms with van der Waals surface area (Å²) < 4.78 is 0. The molecule has 0 aliphatic heterocycles. The molecule has 0 radical (unpaired) electrons. The van der Waals surface area contributed by atoms with E-state index in [0.29, 0.717) is 0 Å². The van der Waals surface area contributed by atoms with Crippen LogP contribution in [-0.4, -0.2) is 10.5 Å². The summed E-state index contributed by atoms with van der Waals surface area (Å²) in [7, 11) is 0. The maximum atomic E-state index is 6.00. The largest absolute Gasteiger partial charge is 0.255 e. The van der Waals surface area contributed by atoms with Crippen molar-refractivity contribution in [2.75, 3.05) is 0 Å². The van der Waals surface area contributed by atoms with E-state index in [4.69, 9.17) is 10.5 Å². The maximum absolute atomic E-state index is 6.00. The van der Waals surface area contributed by atoms with E-state index < -0.39 is 0 Å². The Hall–Kier alpha value is -0.860. The van der Waals surface area contributed by atoms with Crippen LogP contribution in [-0.2, 0) is 0 Å². The summed E-state index contributed by atoms with van der Waals surface area (Å²) in [5.74, 6) is 0.760. The number of hydrogen-bond acceptors (Lipinski definition) is 2. The molecule has 0 saturated carbocycles. The second kappa shape index (κ2) is 7.77. The predicted octanol–water partition coefficient (Wildman–Crippen LogP) is 3.61. The molecule has 0 atom stereocenters. The predicted molar refractivity (Wildman–Crippen MR) is 55.0 cm³/mol. The molecule has 74 valence electrons. The third kappa shape index (κ3) is 4.06. The van der Waals surface area contributed by atoms with Crippen LogP contribution in [0.25, 0.3) is 0 Å². The Balaban J connectivity index is 0.000000671. The summed E-state index contributed by atoms with van der Waals surface area (Å²) in [5, 5.41) is 12.0. The van der Waals surface area contributed by atoms with Gasteiger partial charge < -0.3 is 0 Å². The SMILES string of the molecule is CCC(CC)c1ccccc1.OO. The van der Waals surface area contributed by atoms with Crippen LogP contribution in [0.2, 0.25) is 0 Å². The molecule has 0 saturated heterocycles. The highest BCUT2D eigenvalue weighted by molar-refractivity contribution is 5.18.